The highest BCUT2D eigenvalue weighted by Gasteiger charge is 2.12. The minimum absolute atomic E-state index is 0.0982. The van der Waals surface area contributed by atoms with Crippen molar-refractivity contribution in [3.63, 3.8) is 0 Å². The van der Waals surface area contributed by atoms with E-state index >= 15 is 0 Å². The van der Waals surface area contributed by atoms with Crippen LogP contribution < -0.4 is 11.5 Å². The van der Waals surface area contributed by atoms with Gasteiger partial charge in [0.25, 0.3) is 5.69 Å². The van der Waals surface area contributed by atoms with Crippen molar-refractivity contribution in [1.29, 1.82) is 5.26 Å². The Morgan fingerprint density at radius 2 is 1.92 bits per heavy atom. The fourth-order valence-electron chi connectivity index (χ4n) is 2.03. The molecule has 0 saturated carbocycles. The second kappa shape index (κ2) is 8.64. The molecule has 0 saturated heterocycles. The van der Waals surface area contributed by atoms with Crippen LogP contribution >= 0.6 is 15.9 Å². The molecule has 9 heteroatoms. The number of non-ortho nitro benzene ring substituents is 1. The van der Waals surface area contributed by atoms with Crippen molar-refractivity contribution >= 4 is 33.1 Å². The van der Waals surface area contributed by atoms with E-state index in [4.69, 9.17) is 16.7 Å². The van der Waals surface area contributed by atoms with Gasteiger partial charge < -0.3 is 11.5 Å². The smallest absolute Gasteiger partial charge is 0.272 e. The van der Waals surface area contributed by atoms with E-state index in [9.17, 15) is 10.1 Å². The van der Waals surface area contributed by atoms with E-state index in [1.54, 1.807) is 23.0 Å². The van der Waals surface area contributed by atoms with Gasteiger partial charge in [0.2, 0.25) is 0 Å². The molecule has 0 spiro atoms. The van der Waals surface area contributed by atoms with Crippen LogP contribution in [0.25, 0.3) is 0 Å². The van der Waals surface area contributed by atoms with Gasteiger partial charge in [-0.2, -0.15) is 10.4 Å². The molecule has 3 aromatic rings. The average Bonchev–Trinajstić information content (AvgIpc) is 3.03. The normalized spacial score (nSPS) is 9.69. The third-order valence-corrected chi connectivity index (χ3v) is 4.03. The standard InChI is InChI=1S/C10H11N3.C7H4BrN3O2/c11-10-6-7-12-13(10)8-9-4-2-1-3-5-9;8-6-2-5(11(12)13)1-4(3-9)7(6)10/h1-7H,8,11H2;1-2H,10H2. The Labute approximate surface area is 157 Å². The van der Waals surface area contributed by atoms with Crippen molar-refractivity contribution in [1.82, 2.24) is 9.78 Å². The van der Waals surface area contributed by atoms with Gasteiger partial charge in [0, 0.05) is 16.6 Å². The molecule has 8 nitrogen and oxygen atoms in total. The summed E-state index contributed by atoms with van der Waals surface area (Å²) in [7, 11) is 0. The van der Waals surface area contributed by atoms with Crippen LogP contribution in [-0.2, 0) is 6.54 Å². The predicted octanol–water partition coefficient (Wildman–Crippen LogP) is 3.32. The molecule has 1 aromatic heterocycles. The zero-order valence-corrected chi connectivity index (χ0v) is 15.1. The molecule has 0 radical (unpaired) electrons. The number of nitriles is 1. The van der Waals surface area contributed by atoms with Crippen LogP contribution in [0.5, 0.6) is 0 Å². The molecule has 26 heavy (non-hydrogen) atoms. The minimum atomic E-state index is -0.578. The van der Waals surface area contributed by atoms with Crippen LogP contribution in [0.3, 0.4) is 0 Å². The molecule has 0 aliphatic heterocycles. The maximum Gasteiger partial charge on any atom is 0.272 e. The monoisotopic (exact) mass is 414 g/mol. The molecule has 0 fully saturated rings. The van der Waals surface area contributed by atoms with Crippen LogP contribution in [0.4, 0.5) is 17.2 Å². The van der Waals surface area contributed by atoms with Gasteiger partial charge in [-0.05, 0) is 27.6 Å². The number of anilines is 2. The molecule has 0 aliphatic carbocycles. The first-order chi connectivity index (χ1) is 12.4. The molecule has 0 unspecified atom stereocenters. The zero-order chi connectivity index (χ0) is 19.1. The Bertz CT molecular complexity index is 950. The lowest BCUT2D eigenvalue weighted by Crippen LogP contribution is -2.05. The molecular weight excluding hydrogens is 400 g/mol. The fourth-order valence-corrected chi connectivity index (χ4v) is 2.48. The largest absolute Gasteiger partial charge is 0.397 e. The number of nitrogens with two attached hydrogens (primary N) is 2. The third kappa shape index (κ3) is 4.81. The number of hydrogen-bond acceptors (Lipinski definition) is 6. The van der Waals surface area contributed by atoms with E-state index in [-0.39, 0.29) is 16.9 Å². The SMILES string of the molecule is N#Cc1cc([N+](=O)[O-])cc(Br)c1N.Nc1ccnn1Cc1ccccc1. The minimum Gasteiger partial charge on any atom is -0.397 e. The van der Waals surface area contributed by atoms with E-state index in [2.05, 4.69) is 33.2 Å². The van der Waals surface area contributed by atoms with Gasteiger partial charge in [-0.15, -0.1) is 0 Å². The number of nitrogen functional groups attached to an aromatic ring is 2. The number of benzene rings is 2. The Morgan fingerprint density at radius 1 is 1.23 bits per heavy atom. The van der Waals surface area contributed by atoms with Crippen LogP contribution in [0.15, 0.2) is 59.2 Å². The van der Waals surface area contributed by atoms with E-state index in [1.165, 1.54) is 11.6 Å². The Morgan fingerprint density at radius 3 is 2.46 bits per heavy atom. The first-order valence-corrected chi connectivity index (χ1v) is 8.16. The molecule has 0 amide bonds. The lowest BCUT2D eigenvalue weighted by molar-refractivity contribution is -0.384. The summed E-state index contributed by atoms with van der Waals surface area (Å²) in [6.45, 7) is 0.736. The molecule has 0 atom stereocenters. The molecule has 3 rings (SSSR count). The lowest BCUT2D eigenvalue weighted by atomic mass is 10.2. The Balaban J connectivity index is 0.000000187. The number of rotatable bonds is 3. The van der Waals surface area contributed by atoms with Gasteiger partial charge in [-0.25, -0.2) is 4.68 Å². The second-order valence-corrected chi connectivity index (χ2v) is 6.01. The van der Waals surface area contributed by atoms with Crippen molar-refractivity contribution in [2.75, 3.05) is 11.5 Å². The van der Waals surface area contributed by atoms with Crippen LogP contribution in [0.1, 0.15) is 11.1 Å². The van der Waals surface area contributed by atoms with Crippen molar-refractivity contribution in [2.45, 2.75) is 6.54 Å². The highest BCUT2D eigenvalue weighted by molar-refractivity contribution is 9.10. The number of nitrogens with zero attached hydrogens (tertiary/aromatic N) is 4. The topological polar surface area (TPSA) is 137 Å². The zero-order valence-electron chi connectivity index (χ0n) is 13.5. The molecule has 2 aromatic carbocycles. The Hall–Kier alpha value is -3.38. The molecule has 1 heterocycles. The molecule has 4 N–H and O–H groups in total. The summed E-state index contributed by atoms with van der Waals surface area (Å²) >= 11 is 3.03. The van der Waals surface area contributed by atoms with E-state index in [0.29, 0.717) is 10.3 Å². The van der Waals surface area contributed by atoms with Crippen molar-refractivity contribution in [2.24, 2.45) is 0 Å². The number of nitro groups is 1. The van der Waals surface area contributed by atoms with Crippen molar-refractivity contribution < 1.29 is 4.92 Å². The summed E-state index contributed by atoms with van der Waals surface area (Å²) in [5, 5.41) is 23.0. The van der Waals surface area contributed by atoms with Crippen LogP contribution in [0, 0.1) is 21.4 Å². The fraction of sp³-hybridized carbons (Fsp3) is 0.0588. The molecule has 132 valence electrons. The molecule has 0 aliphatic rings. The van der Waals surface area contributed by atoms with Gasteiger partial charge in [-0.3, -0.25) is 10.1 Å². The summed E-state index contributed by atoms with van der Waals surface area (Å²) in [5.74, 6) is 0.698. The van der Waals surface area contributed by atoms with Crippen LogP contribution in [0.2, 0.25) is 0 Å². The number of halogens is 1. The number of hydrogen-bond donors (Lipinski definition) is 2. The van der Waals surface area contributed by atoms with E-state index in [1.807, 2.05) is 18.2 Å². The maximum atomic E-state index is 10.4. The molecular formula is C17H15BrN6O2. The third-order valence-electron chi connectivity index (χ3n) is 3.37. The van der Waals surface area contributed by atoms with Crippen molar-refractivity contribution in [3.05, 3.63) is 80.4 Å². The van der Waals surface area contributed by atoms with Gasteiger partial charge in [-0.1, -0.05) is 30.3 Å². The summed E-state index contributed by atoms with van der Waals surface area (Å²) in [6.07, 6.45) is 1.71. The van der Waals surface area contributed by atoms with Crippen molar-refractivity contribution in [3.8, 4) is 6.07 Å². The van der Waals surface area contributed by atoms with Gasteiger partial charge in [0.05, 0.1) is 28.9 Å². The van der Waals surface area contributed by atoms with Gasteiger partial charge in [0.15, 0.2) is 0 Å². The van der Waals surface area contributed by atoms with Gasteiger partial charge >= 0.3 is 0 Å². The maximum absolute atomic E-state index is 10.4. The summed E-state index contributed by atoms with van der Waals surface area (Å²) in [6, 6.07) is 16.1. The average molecular weight is 415 g/mol. The summed E-state index contributed by atoms with van der Waals surface area (Å²) < 4.78 is 2.13. The number of aromatic nitrogens is 2. The number of nitro benzene ring substituents is 1. The van der Waals surface area contributed by atoms with E-state index < -0.39 is 4.92 Å². The molecule has 0 bridgehead atoms. The van der Waals surface area contributed by atoms with Gasteiger partial charge in [0.1, 0.15) is 11.9 Å². The summed E-state index contributed by atoms with van der Waals surface area (Å²) in [5.41, 5.74) is 12.5. The highest BCUT2D eigenvalue weighted by atomic mass is 79.9. The quantitative estimate of drug-likeness (QED) is 0.383. The highest BCUT2D eigenvalue weighted by Crippen LogP contribution is 2.28. The summed E-state index contributed by atoms with van der Waals surface area (Å²) in [4.78, 5) is 9.79. The first-order valence-electron chi connectivity index (χ1n) is 7.37. The lowest BCUT2D eigenvalue weighted by Gasteiger charge is -2.03. The predicted molar refractivity (Wildman–Crippen MR) is 102 cm³/mol. The van der Waals surface area contributed by atoms with E-state index in [0.717, 1.165) is 12.6 Å². The Kier molecular flexibility index (Phi) is 6.30. The van der Waals surface area contributed by atoms with Crippen LogP contribution in [-0.4, -0.2) is 14.7 Å². The second-order valence-electron chi connectivity index (χ2n) is 5.16. The first kappa shape index (κ1) is 19.0.